The van der Waals surface area contributed by atoms with Crippen molar-refractivity contribution in [1.82, 2.24) is 0 Å². The van der Waals surface area contributed by atoms with Crippen LogP contribution < -0.4 is 0 Å². The summed E-state index contributed by atoms with van der Waals surface area (Å²) in [4.78, 5) is 0. The fourth-order valence-electron chi connectivity index (χ4n) is 2.20. The van der Waals surface area contributed by atoms with Crippen molar-refractivity contribution in [1.29, 1.82) is 0 Å². The lowest BCUT2D eigenvalue weighted by atomic mass is 9.74. The van der Waals surface area contributed by atoms with Gasteiger partial charge in [-0.3, -0.25) is 0 Å². The number of hydrogen-bond acceptors (Lipinski definition) is 6. The molecule has 2 heterocycles. The van der Waals surface area contributed by atoms with E-state index in [0.29, 0.717) is 0 Å². The van der Waals surface area contributed by atoms with Crippen LogP contribution in [0.1, 0.15) is 6.42 Å². The summed E-state index contributed by atoms with van der Waals surface area (Å²) < 4.78 is 9.94. The molecule has 1 aliphatic carbocycles. The van der Waals surface area contributed by atoms with Gasteiger partial charge in [-0.1, -0.05) is 0 Å². The Morgan fingerprint density at radius 2 is 2.00 bits per heavy atom. The van der Waals surface area contributed by atoms with Gasteiger partial charge >= 0.3 is 0 Å². The molecule has 3 aliphatic rings. The molecule has 0 unspecified atom stereocenters. The lowest BCUT2D eigenvalue weighted by Gasteiger charge is -2.54. The minimum atomic E-state index is -1.73. The first-order chi connectivity index (χ1) is 6.50. The van der Waals surface area contributed by atoms with E-state index in [1.165, 1.54) is 7.11 Å². The zero-order valence-electron chi connectivity index (χ0n) is 7.70. The van der Waals surface area contributed by atoms with Crippen LogP contribution in [0.5, 0.6) is 0 Å². The normalized spacial score (nSPS) is 57.6. The summed E-state index contributed by atoms with van der Waals surface area (Å²) in [6, 6.07) is 0. The monoisotopic (exact) mass is 206 g/mol. The Morgan fingerprint density at radius 3 is 2.57 bits per heavy atom. The van der Waals surface area contributed by atoms with E-state index in [2.05, 4.69) is 0 Å². The summed E-state index contributed by atoms with van der Waals surface area (Å²) in [5.41, 5.74) is -1.73. The molecular formula is C8H14O6. The first-order valence-electron chi connectivity index (χ1n) is 4.45. The minimum Gasteiger partial charge on any atom is -0.390 e. The summed E-state index contributed by atoms with van der Waals surface area (Å²) in [6.45, 7) is 0. The molecule has 0 amide bonds. The van der Waals surface area contributed by atoms with Gasteiger partial charge in [-0.2, -0.15) is 0 Å². The van der Waals surface area contributed by atoms with Crippen molar-refractivity contribution in [3.8, 4) is 0 Å². The van der Waals surface area contributed by atoms with Gasteiger partial charge in [0.05, 0.1) is 6.10 Å². The molecule has 0 radical (unpaired) electrons. The highest BCUT2D eigenvalue weighted by molar-refractivity contribution is 5.09. The standard InChI is InChI=1S/C8H14O6/c1-13-7-8(12)2-3(9)5(14-7)4(10)6(8)11/h3-7,9-12H,2H2,1H3/t3-,4+,5+,6-,7+,8+/m0/s1. The molecule has 6 heteroatoms. The van der Waals surface area contributed by atoms with Crippen molar-refractivity contribution in [3.05, 3.63) is 0 Å². The molecule has 2 saturated heterocycles. The number of ether oxygens (including phenoxy) is 2. The summed E-state index contributed by atoms with van der Waals surface area (Å²) in [5.74, 6) is 0. The average Bonchev–Trinajstić information content (AvgIpc) is 2.13. The molecule has 0 spiro atoms. The quantitative estimate of drug-likeness (QED) is 0.381. The molecule has 0 aromatic heterocycles. The average molecular weight is 206 g/mol. The Labute approximate surface area is 80.7 Å². The van der Waals surface area contributed by atoms with Gasteiger partial charge in [-0.05, 0) is 0 Å². The predicted molar refractivity (Wildman–Crippen MR) is 43.3 cm³/mol. The lowest BCUT2D eigenvalue weighted by Crippen LogP contribution is -2.74. The van der Waals surface area contributed by atoms with Gasteiger partial charge in [-0.15, -0.1) is 0 Å². The SMILES string of the molecule is CO[C@@H]1O[C@H]2[C@@H](O)[C@H](O)[C@]1(O)C[C@@H]2O. The Hall–Kier alpha value is -0.240. The van der Waals surface area contributed by atoms with E-state index >= 15 is 0 Å². The maximum atomic E-state index is 9.97. The van der Waals surface area contributed by atoms with Gasteiger partial charge in [0.25, 0.3) is 0 Å². The zero-order valence-corrected chi connectivity index (χ0v) is 7.70. The number of methoxy groups -OCH3 is 1. The van der Waals surface area contributed by atoms with E-state index < -0.39 is 36.3 Å². The second kappa shape index (κ2) is 3.13. The second-order valence-corrected chi connectivity index (χ2v) is 3.87. The number of hydrogen-bond donors (Lipinski definition) is 4. The smallest absolute Gasteiger partial charge is 0.189 e. The zero-order chi connectivity index (χ0) is 10.5. The molecule has 6 atom stereocenters. The fourth-order valence-corrected chi connectivity index (χ4v) is 2.20. The van der Waals surface area contributed by atoms with Crippen LogP contribution in [0.25, 0.3) is 0 Å². The van der Waals surface area contributed by atoms with Crippen LogP contribution in [0, 0.1) is 0 Å². The van der Waals surface area contributed by atoms with E-state index in [4.69, 9.17) is 9.47 Å². The van der Waals surface area contributed by atoms with E-state index in [1.807, 2.05) is 0 Å². The van der Waals surface area contributed by atoms with Crippen molar-refractivity contribution in [2.75, 3.05) is 7.11 Å². The molecular weight excluding hydrogens is 192 g/mol. The van der Waals surface area contributed by atoms with Crippen LogP contribution in [-0.2, 0) is 9.47 Å². The van der Waals surface area contributed by atoms with E-state index in [1.54, 1.807) is 0 Å². The highest BCUT2D eigenvalue weighted by Crippen LogP contribution is 2.41. The molecule has 2 aliphatic heterocycles. The van der Waals surface area contributed by atoms with E-state index in [-0.39, 0.29) is 6.42 Å². The lowest BCUT2D eigenvalue weighted by molar-refractivity contribution is -0.379. The molecule has 1 saturated carbocycles. The Bertz CT molecular complexity index is 228. The number of fused-ring (bicyclic) bond motifs is 3. The Morgan fingerprint density at radius 1 is 1.36 bits per heavy atom. The van der Waals surface area contributed by atoms with Crippen molar-refractivity contribution in [2.45, 2.75) is 42.7 Å². The topological polar surface area (TPSA) is 99.4 Å². The number of aliphatic hydroxyl groups is 4. The number of rotatable bonds is 1. The second-order valence-electron chi connectivity index (χ2n) is 3.87. The summed E-state index contributed by atoms with van der Waals surface area (Å²) >= 11 is 0. The Kier molecular flexibility index (Phi) is 2.30. The molecule has 3 fully saturated rings. The largest absolute Gasteiger partial charge is 0.390 e. The van der Waals surface area contributed by atoms with Gasteiger partial charge in [0.2, 0.25) is 0 Å². The van der Waals surface area contributed by atoms with Gasteiger partial charge in [0.1, 0.15) is 23.9 Å². The van der Waals surface area contributed by atoms with Crippen LogP contribution in [0.4, 0.5) is 0 Å². The summed E-state index contributed by atoms with van der Waals surface area (Å²) in [7, 11) is 1.33. The molecule has 0 aromatic rings. The van der Waals surface area contributed by atoms with Crippen molar-refractivity contribution >= 4 is 0 Å². The highest BCUT2D eigenvalue weighted by atomic mass is 16.7. The van der Waals surface area contributed by atoms with Crippen molar-refractivity contribution in [2.24, 2.45) is 0 Å². The highest BCUT2D eigenvalue weighted by Gasteiger charge is 2.62. The molecule has 0 aromatic carbocycles. The molecule has 14 heavy (non-hydrogen) atoms. The van der Waals surface area contributed by atoms with Crippen LogP contribution in [0.15, 0.2) is 0 Å². The first-order valence-corrected chi connectivity index (χ1v) is 4.45. The Balaban J connectivity index is 2.30. The third kappa shape index (κ3) is 1.13. The van der Waals surface area contributed by atoms with Gasteiger partial charge in [0.15, 0.2) is 6.29 Å². The molecule has 82 valence electrons. The van der Waals surface area contributed by atoms with Gasteiger partial charge in [0, 0.05) is 13.5 Å². The summed E-state index contributed by atoms with van der Waals surface area (Å²) in [5, 5.41) is 38.5. The third-order valence-corrected chi connectivity index (χ3v) is 2.99. The van der Waals surface area contributed by atoms with Crippen LogP contribution in [0.3, 0.4) is 0 Å². The van der Waals surface area contributed by atoms with Crippen molar-refractivity contribution in [3.63, 3.8) is 0 Å². The van der Waals surface area contributed by atoms with E-state index in [9.17, 15) is 20.4 Å². The van der Waals surface area contributed by atoms with Crippen LogP contribution >= 0.6 is 0 Å². The van der Waals surface area contributed by atoms with Crippen molar-refractivity contribution < 1.29 is 29.9 Å². The molecule has 3 rings (SSSR count). The minimum absolute atomic E-state index is 0.0611. The molecule has 4 N–H and O–H groups in total. The van der Waals surface area contributed by atoms with Crippen LogP contribution in [0.2, 0.25) is 0 Å². The van der Waals surface area contributed by atoms with Gasteiger partial charge < -0.3 is 29.9 Å². The first kappa shape index (κ1) is 10.3. The van der Waals surface area contributed by atoms with Crippen LogP contribution in [-0.4, -0.2) is 63.8 Å². The molecule has 6 nitrogen and oxygen atoms in total. The maximum absolute atomic E-state index is 9.97. The number of aliphatic hydroxyl groups excluding tert-OH is 3. The summed E-state index contributed by atoms with van der Waals surface area (Å²) in [6.07, 6.45) is -5.58. The molecule has 2 bridgehead atoms. The predicted octanol–water partition coefficient (Wildman–Crippen LogP) is -2.42. The van der Waals surface area contributed by atoms with Gasteiger partial charge in [-0.25, -0.2) is 0 Å². The maximum Gasteiger partial charge on any atom is 0.189 e. The van der Waals surface area contributed by atoms with E-state index in [0.717, 1.165) is 0 Å². The third-order valence-electron chi connectivity index (χ3n) is 2.99. The fraction of sp³-hybridized carbons (Fsp3) is 1.00.